The first-order chi connectivity index (χ1) is 15.9. The molecule has 1 N–H and O–H groups in total. The van der Waals surface area contributed by atoms with E-state index in [4.69, 9.17) is 0 Å². The van der Waals surface area contributed by atoms with Gasteiger partial charge in [0.15, 0.2) is 17.3 Å². The fourth-order valence-corrected chi connectivity index (χ4v) is 4.53. The van der Waals surface area contributed by atoms with Gasteiger partial charge in [-0.1, -0.05) is 12.1 Å². The Kier molecular flexibility index (Phi) is 5.32. The van der Waals surface area contributed by atoms with E-state index in [1.807, 2.05) is 0 Å². The average Bonchev–Trinajstić information content (AvgIpc) is 3.44. The van der Waals surface area contributed by atoms with E-state index in [1.165, 1.54) is 16.8 Å². The molecule has 1 aliphatic carbocycles. The van der Waals surface area contributed by atoms with Crippen molar-refractivity contribution in [3.63, 3.8) is 0 Å². The van der Waals surface area contributed by atoms with Crippen LogP contribution < -0.4 is 0 Å². The summed E-state index contributed by atoms with van der Waals surface area (Å²) >= 11 is 0. The minimum Gasteiger partial charge on any atom is -0.507 e. The van der Waals surface area contributed by atoms with Crippen LogP contribution in [0.1, 0.15) is 38.5 Å². The number of fused-ring (bicyclic) bond motifs is 1. The number of hydrogen-bond acceptors (Lipinski definition) is 4. The highest BCUT2D eigenvalue weighted by Crippen LogP contribution is 2.29. The summed E-state index contributed by atoms with van der Waals surface area (Å²) in [5, 5.41) is 14.4. The van der Waals surface area contributed by atoms with Crippen LogP contribution in [0.4, 0.5) is 8.78 Å². The van der Waals surface area contributed by atoms with Crippen molar-refractivity contribution in [2.24, 2.45) is 0 Å². The molecule has 170 valence electrons. The Morgan fingerprint density at radius 1 is 0.879 bits per heavy atom. The molecule has 1 saturated heterocycles. The molecule has 2 aliphatic rings. The van der Waals surface area contributed by atoms with Crippen LogP contribution in [0.15, 0.2) is 42.5 Å². The number of benzene rings is 2. The standard InChI is InChI=1S/C24H22F2N4O3/c25-18-9-8-15(14-19(18)26)30-20-6-3-5-16(20)22(27-30)24(33)29-12-10-28(11-13-29)23(32)17-4-1-2-7-21(17)31/h1-2,4,7-9,14,31H,3,5-6,10-13H2. The summed E-state index contributed by atoms with van der Waals surface area (Å²) in [5.41, 5.74) is 2.63. The van der Waals surface area contributed by atoms with Crippen molar-refractivity contribution >= 4 is 11.8 Å². The van der Waals surface area contributed by atoms with Gasteiger partial charge in [-0.3, -0.25) is 9.59 Å². The van der Waals surface area contributed by atoms with Gasteiger partial charge in [-0.15, -0.1) is 0 Å². The first-order valence-corrected chi connectivity index (χ1v) is 10.9. The Balaban J connectivity index is 1.34. The van der Waals surface area contributed by atoms with E-state index in [2.05, 4.69) is 5.10 Å². The number of aromatic nitrogens is 2. The average molecular weight is 452 g/mol. The third kappa shape index (κ3) is 3.73. The molecule has 0 spiro atoms. The smallest absolute Gasteiger partial charge is 0.274 e. The zero-order valence-corrected chi connectivity index (χ0v) is 17.8. The van der Waals surface area contributed by atoms with Gasteiger partial charge >= 0.3 is 0 Å². The maximum Gasteiger partial charge on any atom is 0.274 e. The maximum absolute atomic E-state index is 13.8. The fraction of sp³-hybridized carbons (Fsp3) is 0.292. The molecule has 2 amide bonds. The highest BCUT2D eigenvalue weighted by atomic mass is 19.2. The minimum atomic E-state index is -0.965. The van der Waals surface area contributed by atoms with Gasteiger partial charge in [-0.2, -0.15) is 5.10 Å². The van der Waals surface area contributed by atoms with Crippen molar-refractivity contribution in [2.75, 3.05) is 26.2 Å². The third-order valence-corrected chi connectivity index (χ3v) is 6.27. The van der Waals surface area contributed by atoms with E-state index in [0.717, 1.165) is 29.8 Å². The topological polar surface area (TPSA) is 78.7 Å². The summed E-state index contributed by atoms with van der Waals surface area (Å²) in [7, 11) is 0. The Morgan fingerprint density at radius 3 is 2.27 bits per heavy atom. The molecule has 9 heteroatoms. The van der Waals surface area contributed by atoms with Gasteiger partial charge in [0.05, 0.1) is 11.3 Å². The molecule has 0 saturated carbocycles. The second-order valence-electron chi connectivity index (χ2n) is 8.24. The van der Waals surface area contributed by atoms with E-state index < -0.39 is 11.6 Å². The Bertz CT molecular complexity index is 1250. The number of phenolic OH excluding ortho intramolecular Hbond substituents is 1. The van der Waals surface area contributed by atoms with Gasteiger partial charge in [0.25, 0.3) is 11.8 Å². The molecule has 2 heterocycles. The summed E-state index contributed by atoms with van der Waals surface area (Å²) in [4.78, 5) is 29.3. The van der Waals surface area contributed by atoms with Crippen LogP contribution >= 0.6 is 0 Å². The molecule has 7 nitrogen and oxygen atoms in total. The van der Waals surface area contributed by atoms with E-state index in [-0.39, 0.29) is 23.1 Å². The normalized spacial score (nSPS) is 15.6. The van der Waals surface area contributed by atoms with Crippen molar-refractivity contribution in [2.45, 2.75) is 19.3 Å². The van der Waals surface area contributed by atoms with E-state index in [0.29, 0.717) is 50.4 Å². The van der Waals surface area contributed by atoms with Crippen LogP contribution in [-0.4, -0.2) is 62.7 Å². The number of piperazine rings is 1. The van der Waals surface area contributed by atoms with Gasteiger partial charge in [0.2, 0.25) is 0 Å². The van der Waals surface area contributed by atoms with Crippen molar-refractivity contribution in [1.82, 2.24) is 19.6 Å². The van der Waals surface area contributed by atoms with Crippen LogP contribution in [0.2, 0.25) is 0 Å². The molecule has 0 radical (unpaired) electrons. The van der Waals surface area contributed by atoms with Crippen molar-refractivity contribution in [3.05, 3.63) is 76.6 Å². The zero-order valence-electron chi connectivity index (χ0n) is 17.8. The summed E-state index contributed by atoms with van der Waals surface area (Å²) in [5.74, 6) is -2.48. The Labute approximate surface area is 188 Å². The highest BCUT2D eigenvalue weighted by Gasteiger charge is 2.32. The molecule has 1 fully saturated rings. The third-order valence-electron chi connectivity index (χ3n) is 6.27. The first-order valence-electron chi connectivity index (χ1n) is 10.9. The molecule has 3 aromatic rings. The fourth-order valence-electron chi connectivity index (χ4n) is 4.53. The van der Waals surface area contributed by atoms with Crippen molar-refractivity contribution < 1.29 is 23.5 Å². The lowest BCUT2D eigenvalue weighted by atomic mass is 10.1. The number of halogens is 2. The number of nitrogens with zero attached hydrogens (tertiary/aromatic N) is 4. The van der Waals surface area contributed by atoms with E-state index >= 15 is 0 Å². The number of para-hydroxylation sites is 1. The second-order valence-corrected chi connectivity index (χ2v) is 8.24. The molecule has 0 unspecified atom stereocenters. The number of carbonyl (C=O) groups excluding carboxylic acids is 2. The number of carbonyl (C=O) groups is 2. The van der Waals surface area contributed by atoms with E-state index in [1.54, 1.807) is 28.0 Å². The molecule has 1 aromatic heterocycles. The van der Waals surface area contributed by atoms with Crippen LogP contribution in [0, 0.1) is 11.6 Å². The lowest BCUT2D eigenvalue weighted by Gasteiger charge is -2.34. The lowest BCUT2D eigenvalue weighted by Crippen LogP contribution is -2.50. The molecule has 33 heavy (non-hydrogen) atoms. The highest BCUT2D eigenvalue weighted by molar-refractivity contribution is 5.97. The predicted molar refractivity (Wildman–Crippen MR) is 115 cm³/mol. The van der Waals surface area contributed by atoms with Crippen LogP contribution in [0.3, 0.4) is 0 Å². The number of hydrogen-bond donors (Lipinski definition) is 1. The summed E-state index contributed by atoms with van der Waals surface area (Å²) in [6, 6.07) is 9.97. The van der Waals surface area contributed by atoms with Crippen molar-refractivity contribution in [3.8, 4) is 11.4 Å². The molecule has 1 aliphatic heterocycles. The van der Waals surface area contributed by atoms with Gasteiger partial charge in [0, 0.05) is 43.5 Å². The summed E-state index contributed by atoms with van der Waals surface area (Å²) in [6.07, 6.45) is 2.27. The Morgan fingerprint density at radius 2 is 1.58 bits per heavy atom. The molecule has 0 bridgehead atoms. The molecule has 5 rings (SSSR count). The minimum absolute atomic E-state index is 0.0701. The monoisotopic (exact) mass is 452 g/mol. The van der Waals surface area contributed by atoms with E-state index in [9.17, 15) is 23.5 Å². The first kappa shape index (κ1) is 21.1. The molecular weight excluding hydrogens is 430 g/mol. The Hall–Kier alpha value is -3.75. The van der Waals surface area contributed by atoms with Crippen molar-refractivity contribution in [1.29, 1.82) is 0 Å². The SMILES string of the molecule is O=C(c1ccccc1O)N1CCN(C(=O)c2nn(-c3ccc(F)c(F)c3)c3c2CCC3)CC1. The maximum atomic E-state index is 13.8. The number of rotatable bonds is 3. The van der Waals surface area contributed by atoms with Gasteiger partial charge in [-0.05, 0) is 43.5 Å². The summed E-state index contributed by atoms with van der Waals surface area (Å²) in [6.45, 7) is 1.35. The molecular formula is C24H22F2N4O3. The number of phenols is 1. The van der Waals surface area contributed by atoms with Crippen LogP contribution in [-0.2, 0) is 12.8 Å². The number of aromatic hydroxyl groups is 1. The molecule has 0 atom stereocenters. The van der Waals surface area contributed by atoms with Gasteiger partial charge < -0.3 is 14.9 Å². The zero-order chi connectivity index (χ0) is 23.1. The quantitative estimate of drug-likeness (QED) is 0.663. The molecule has 2 aromatic carbocycles. The number of amides is 2. The van der Waals surface area contributed by atoms with Crippen LogP contribution in [0.25, 0.3) is 5.69 Å². The van der Waals surface area contributed by atoms with Crippen LogP contribution in [0.5, 0.6) is 5.75 Å². The van der Waals surface area contributed by atoms with Gasteiger partial charge in [-0.25, -0.2) is 13.5 Å². The lowest BCUT2D eigenvalue weighted by molar-refractivity contribution is 0.0529. The largest absolute Gasteiger partial charge is 0.507 e. The van der Waals surface area contributed by atoms with Gasteiger partial charge in [0.1, 0.15) is 5.75 Å². The predicted octanol–water partition coefficient (Wildman–Crippen LogP) is 2.94. The summed E-state index contributed by atoms with van der Waals surface area (Å²) < 4.78 is 28.7. The second kappa shape index (κ2) is 8.31.